The number of rotatable bonds is 4. The van der Waals surface area contributed by atoms with Gasteiger partial charge in [-0.2, -0.15) is 0 Å². The van der Waals surface area contributed by atoms with Gasteiger partial charge in [-0.05, 0) is 28.5 Å². The lowest BCUT2D eigenvalue weighted by Crippen LogP contribution is -2.28. The molecule has 96 valence electrons. The van der Waals surface area contributed by atoms with Crippen molar-refractivity contribution in [2.75, 3.05) is 5.75 Å². The van der Waals surface area contributed by atoms with Crippen LogP contribution in [0.25, 0.3) is 0 Å². The largest absolute Gasteiger partial charge is 0.349 e. The van der Waals surface area contributed by atoms with Gasteiger partial charge >= 0.3 is 0 Å². The van der Waals surface area contributed by atoms with E-state index in [0.29, 0.717) is 0 Å². The third-order valence-corrected chi connectivity index (χ3v) is 5.14. The van der Waals surface area contributed by atoms with Crippen LogP contribution in [0, 0.1) is 0 Å². The van der Waals surface area contributed by atoms with Crippen LogP contribution in [0.3, 0.4) is 0 Å². The quantitative estimate of drug-likeness (QED) is 0.812. The van der Waals surface area contributed by atoms with E-state index in [1.54, 1.807) is 6.92 Å². The average Bonchev–Trinajstić information content (AvgIpc) is 2.81. The standard InChI is InChI=1S/C14H16BrNOS/c1-11(17)16-14(10-18-8-2-3-9-18)12-4-6-13(15)7-5-12/h2-9,14,18H,10H2,1H3,(H,16,17). The summed E-state index contributed by atoms with van der Waals surface area (Å²) >= 11 is 3.43. The summed E-state index contributed by atoms with van der Waals surface area (Å²) in [6, 6.07) is 8.23. The van der Waals surface area contributed by atoms with Crippen LogP contribution in [0.5, 0.6) is 0 Å². The van der Waals surface area contributed by atoms with E-state index in [4.69, 9.17) is 0 Å². The molecule has 0 aliphatic carbocycles. The van der Waals surface area contributed by atoms with Crippen LogP contribution >= 0.6 is 26.8 Å². The molecule has 0 bridgehead atoms. The number of carbonyl (C=O) groups excluding carboxylic acids is 1. The molecule has 0 radical (unpaired) electrons. The van der Waals surface area contributed by atoms with Crippen molar-refractivity contribution in [2.45, 2.75) is 13.0 Å². The Balaban J connectivity index is 2.13. The molecule has 2 nitrogen and oxygen atoms in total. The Morgan fingerprint density at radius 3 is 2.44 bits per heavy atom. The lowest BCUT2D eigenvalue weighted by atomic mass is 10.1. The summed E-state index contributed by atoms with van der Waals surface area (Å²) in [7, 11) is -0.234. The number of hydrogen-bond acceptors (Lipinski definition) is 1. The normalized spacial score (nSPS) is 16.9. The number of benzene rings is 1. The van der Waals surface area contributed by atoms with Gasteiger partial charge in [0.15, 0.2) is 0 Å². The number of halogens is 1. The maximum Gasteiger partial charge on any atom is 0.217 e. The summed E-state index contributed by atoms with van der Waals surface area (Å²) in [6.45, 7) is 1.57. The van der Waals surface area contributed by atoms with Crippen molar-refractivity contribution in [3.05, 3.63) is 57.3 Å². The van der Waals surface area contributed by atoms with Gasteiger partial charge in [0.1, 0.15) is 0 Å². The number of thiol groups is 1. The fourth-order valence-corrected chi connectivity index (χ4v) is 3.85. The monoisotopic (exact) mass is 325 g/mol. The van der Waals surface area contributed by atoms with Gasteiger partial charge in [0.05, 0.1) is 6.04 Å². The minimum Gasteiger partial charge on any atom is -0.349 e. The molecule has 1 aromatic rings. The van der Waals surface area contributed by atoms with E-state index >= 15 is 0 Å². The smallest absolute Gasteiger partial charge is 0.217 e. The Kier molecular flexibility index (Phi) is 4.66. The van der Waals surface area contributed by atoms with Crippen molar-refractivity contribution >= 4 is 32.7 Å². The molecule has 0 spiro atoms. The second-order valence-electron chi connectivity index (χ2n) is 4.18. The molecule has 0 saturated heterocycles. The van der Waals surface area contributed by atoms with Gasteiger partial charge in [-0.25, -0.2) is 10.9 Å². The molecule has 1 heterocycles. The number of nitrogens with one attached hydrogen (secondary N) is 1. The Morgan fingerprint density at radius 1 is 1.28 bits per heavy atom. The van der Waals surface area contributed by atoms with Crippen LogP contribution < -0.4 is 5.32 Å². The Bertz CT molecular complexity index is 469. The zero-order chi connectivity index (χ0) is 13.0. The summed E-state index contributed by atoms with van der Waals surface area (Å²) in [5.74, 6) is 0.980. The summed E-state index contributed by atoms with van der Waals surface area (Å²) in [4.78, 5) is 11.3. The molecule has 0 saturated carbocycles. The van der Waals surface area contributed by atoms with Gasteiger partial charge in [0.25, 0.3) is 0 Å². The minimum absolute atomic E-state index is 0.0186. The molecule has 1 atom stereocenters. The first-order chi connectivity index (χ1) is 8.65. The molecule has 1 unspecified atom stereocenters. The highest BCUT2D eigenvalue weighted by atomic mass is 79.9. The van der Waals surface area contributed by atoms with E-state index in [9.17, 15) is 4.79 Å². The SMILES string of the molecule is CC(=O)NC(C[SH]1C=CC=C1)c1ccc(Br)cc1. The van der Waals surface area contributed by atoms with E-state index in [2.05, 4.69) is 56.3 Å². The van der Waals surface area contributed by atoms with Crippen molar-refractivity contribution in [1.82, 2.24) is 5.32 Å². The number of amides is 1. The molecular weight excluding hydrogens is 310 g/mol. The van der Waals surface area contributed by atoms with E-state index in [1.165, 1.54) is 0 Å². The number of carbonyl (C=O) groups is 1. The van der Waals surface area contributed by atoms with E-state index in [-0.39, 0.29) is 22.8 Å². The van der Waals surface area contributed by atoms with Gasteiger partial charge in [0.2, 0.25) is 5.91 Å². The van der Waals surface area contributed by atoms with Crippen molar-refractivity contribution < 1.29 is 4.79 Å². The minimum atomic E-state index is -0.234. The molecule has 18 heavy (non-hydrogen) atoms. The van der Waals surface area contributed by atoms with Crippen molar-refractivity contribution in [2.24, 2.45) is 0 Å². The van der Waals surface area contributed by atoms with Crippen molar-refractivity contribution in [3.8, 4) is 0 Å². The molecule has 4 heteroatoms. The third kappa shape index (κ3) is 3.75. The first kappa shape index (κ1) is 13.4. The molecule has 1 aromatic carbocycles. The Hall–Kier alpha value is -1.00. The predicted octanol–water partition coefficient (Wildman–Crippen LogP) is 3.67. The zero-order valence-corrected chi connectivity index (χ0v) is 12.6. The fourth-order valence-electron chi connectivity index (χ4n) is 1.88. The molecule has 1 aliphatic heterocycles. The molecule has 1 N–H and O–H groups in total. The van der Waals surface area contributed by atoms with Crippen LogP contribution in [0.2, 0.25) is 0 Å². The molecule has 0 fully saturated rings. The first-order valence-corrected chi connectivity index (χ1v) is 8.24. The van der Waals surface area contributed by atoms with Crippen LogP contribution in [-0.4, -0.2) is 11.7 Å². The van der Waals surface area contributed by atoms with Crippen LogP contribution in [0.4, 0.5) is 0 Å². The summed E-state index contributed by atoms with van der Waals surface area (Å²) in [6.07, 6.45) is 4.16. The second-order valence-corrected chi connectivity index (χ2v) is 7.09. The van der Waals surface area contributed by atoms with Crippen LogP contribution in [0.1, 0.15) is 18.5 Å². The first-order valence-electron chi connectivity index (χ1n) is 5.78. The van der Waals surface area contributed by atoms with Crippen molar-refractivity contribution in [3.63, 3.8) is 0 Å². The lowest BCUT2D eigenvalue weighted by molar-refractivity contribution is -0.119. The van der Waals surface area contributed by atoms with Gasteiger partial charge in [0, 0.05) is 17.1 Å². The fraction of sp³-hybridized carbons (Fsp3) is 0.214. The molecule has 2 rings (SSSR count). The lowest BCUT2D eigenvalue weighted by Gasteiger charge is -2.22. The topological polar surface area (TPSA) is 29.1 Å². The predicted molar refractivity (Wildman–Crippen MR) is 82.8 cm³/mol. The summed E-state index contributed by atoms with van der Waals surface area (Å²) < 4.78 is 1.05. The number of allylic oxidation sites excluding steroid dienone is 2. The second kappa shape index (κ2) is 6.25. The zero-order valence-electron chi connectivity index (χ0n) is 10.1. The van der Waals surface area contributed by atoms with Gasteiger partial charge in [-0.15, -0.1) is 0 Å². The Labute approximate surface area is 119 Å². The third-order valence-electron chi connectivity index (χ3n) is 2.71. The number of hydrogen-bond donors (Lipinski definition) is 2. The summed E-state index contributed by atoms with van der Waals surface area (Å²) in [5.41, 5.74) is 1.16. The average molecular weight is 326 g/mol. The van der Waals surface area contributed by atoms with E-state index in [1.807, 2.05) is 12.1 Å². The van der Waals surface area contributed by atoms with E-state index in [0.717, 1.165) is 15.8 Å². The van der Waals surface area contributed by atoms with Gasteiger partial charge in [-0.1, -0.05) is 40.2 Å². The van der Waals surface area contributed by atoms with E-state index < -0.39 is 0 Å². The molecule has 0 aromatic heterocycles. The van der Waals surface area contributed by atoms with Crippen molar-refractivity contribution in [1.29, 1.82) is 0 Å². The molecular formula is C14H16BrNOS. The van der Waals surface area contributed by atoms with Crippen LogP contribution in [0.15, 0.2) is 51.7 Å². The highest BCUT2D eigenvalue weighted by Gasteiger charge is 2.15. The molecule has 1 amide bonds. The Morgan fingerprint density at radius 2 is 1.89 bits per heavy atom. The van der Waals surface area contributed by atoms with Gasteiger partial charge in [-0.3, -0.25) is 4.79 Å². The maximum absolute atomic E-state index is 11.3. The van der Waals surface area contributed by atoms with Gasteiger partial charge < -0.3 is 5.32 Å². The maximum atomic E-state index is 11.3. The highest BCUT2D eigenvalue weighted by molar-refractivity contribution is 9.10. The highest BCUT2D eigenvalue weighted by Crippen LogP contribution is 2.37. The van der Waals surface area contributed by atoms with Crippen LogP contribution in [-0.2, 0) is 4.79 Å². The summed E-state index contributed by atoms with van der Waals surface area (Å²) in [5, 5.41) is 7.49. The molecule has 1 aliphatic rings.